The molecule has 1 rings (SSSR count). The molecule has 11 heteroatoms. The fraction of sp³-hybridized carbons (Fsp3) is 0.600. The summed E-state index contributed by atoms with van der Waals surface area (Å²) in [7, 11) is 0. The summed E-state index contributed by atoms with van der Waals surface area (Å²) in [5.74, 6) is -3.09. The average molecular weight is 438 g/mol. The van der Waals surface area contributed by atoms with Gasteiger partial charge in [-0.05, 0) is 33.6 Å². The molecular formula is C20H30N4O7. The molecule has 0 bridgehead atoms. The molecule has 172 valence electrons. The number of nitrogens with one attached hydrogen (secondary N) is 2. The number of rotatable bonds is 12. The minimum atomic E-state index is -0.964. The number of carbonyl (C=O) groups is 6. The first kappa shape index (κ1) is 25.8. The average Bonchev–Trinajstić information content (AvgIpc) is 2.95. The van der Waals surface area contributed by atoms with Crippen LogP contribution in [0.1, 0.15) is 52.9 Å². The third-order valence-electron chi connectivity index (χ3n) is 4.08. The van der Waals surface area contributed by atoms with E-state index in [0.29, 0.717) is 0 Å². The molecular weight excluding hydrogens is 408 g/mol. The number of esters is 1. The first-order chi connectivity index (χ1) is 14.4. The van der Waals surface area contributed by atoms with Gasteiger partial charge in [-0.2, -0.15) is 0 Å². The van der Waals surface area contributed by atoms with Gasteiger partial charge in [0, 0.05) is 38.1 Å². The standard InChI is InChI=1S/C20H30N4O7/c1-20(2,3)31-18(29)9-11-22-19(30)13(5-4-6-14(21)25)23-15(26)10-12-24-16(27)7-8-17(24)28/h7-8,13H,4-6,9-12H2,1-3H3,(H2,21,25)(H,22,30)(H,23,26). The monoisotopic (exact) mass is 438 g/mol. The lowest BCUT2D eigenvalue weighted by Gasteiger charge is -2.21. The zero-order valence-corrected chi connectivity index (χ0v) is 18.1. The largest absolute Gasteiger partial charge is 0.460 e. The fourth-order valence-electron chi connectivity index (χ4n) is 2.68. The van der Waals surface area contributed by atoms with Crippen LogP contribution >= 0.6 is 0 Å². The summed E-state index contributed by atoms with van der Waals surface area (Å²) < 4.78 is 5.16. The van der Waals surface area contributed by atoms with E-state index in [-0.39, 0.29) is 45.2 Å². The second-order valence-corrected chi connectivity index (χ2v) is 8.02. The van der Waals surface area contributed by atoms with Crippen LogP contribution in [0.2, 0.25) is 0 Å². The predicted molar refractivity (Wildman–Crippen MR) is 109 cm³/mol. The zero-order chi connectivity index (χ0) is 23.6. The molecule has 0 fully saturated rings. The molecule has 31 heavy (non-hydrogen) atoms. The van der Waals surface area contributed by atoms with Crippen molar-refractivity contribution in [2.24, 2.45) is 5.73 Å². The van der Waals surface area contributed by atoms with E-state index in [0.717, 1.165) is 17.1 Å². The molecule has 4 N–H and O–H groups in total. The third kappa shape index (κ3) is 10.4. The van der Waals surface area contributed by atoms with Crippen molar-refractivity contribution in [2.45, 2.75) is 64.5 Å². The van der Waals surface area contributed by atoms with E-state index in [4.69, 9.17) is 10.5 Å². The number of nitrogens with zero attached hydrogens (tertiary/aromatic N) is 1. The van der Waals surface area contributed by atoms with Gasteiger partial charge in [0.05, 0.1) is 6.42 Å². The number of ether oxygens (including phenoxy) is 1. The lowest BCUT2D eigenvalue weighted by Crippen LogP contribution is -2.48. The molecule has 1 unspecified atom stereocenters. The minimum absolute atomic E-state index is 0.0123. The Morgan fingerprint density at radius 3 is 2.23 bits per heavy atom. The molecule has 0 saturated carbocycles. The molecule has 0 radical (unpaired) electrons. The Kier molecular flexibility index (Phi) is 9.84. The van der Waals surface area contributed by atoms with Crippen molar-refractivity contribution in [1.82, 2.24) is 15.5 Å². The molecule has 11 nitrogen and oxygen atoms in total. The topological polar surface area (TPSA) is 165 Å². The molecule has 0 aromatic heterocycles. The van der Waals surface area contributed by atoms with Crippen molar-refractivity contribution in [2.75, 3.05) is 13.1 Å². The van der Waals surface area contributed by atoms with Crippen LogP contribution < -0.4 is 16.4 Å². The summed E-state index contributed by atoms with van der Waals surface area (Å²) in [6.07, 6.45) is 2.46. The molecule has 0 aromatic rings. The highest BCUT2D eigenvalue weighted by Crippen LogP contribution is 2.08. The summed E-state index contributed by atoms with van der Waals surface area (Å²) in [4.78, 5) is 71.4. The predicted octanol–water partition coefficient (Wildman–Crippen LogP) is -0.710. The van der Waals surface area contributed by atoms with Crippen LogP contribution in [0.3, 0.4) is 0 Å². The molecule has 0 saturated heterocycles. The number of carbonyl (C=O) groups excluding carboxylic acids is 6. The molecule has 1 aliphatic heterocycles. The van der Waals surface area contributed by atoms with Gasteiger partial charge in [-0.3, -0.25) is 33.7 Å². The van der Waals surface area contributed by atoms with Gasteiger partial charge in [0.15, 0.2) is 0 Å². The number of nitrogens with two attached hydrogens (primary N) is 1. The van der Waals surface area contributed by atoms with Crippen LogP contribution in [0.5, 0.6) is 0 Å². The Balaban J connectivity index is 2.55. The van der Waals surface area contributed by atoms with Gasteiger partial charge in [0.2, 0.25) is 17.7 Å². The highest BCUT2D eigenvalue weighted by atomic mass is 16.6. The highest BCUT2D eigenvalue weighted by Gasteiger charge is 2.25. The molecule has 1 heterocycles. The van der Waals surface area contributed by atoms with Crippen LogP contribution in [0.15, 0.2) is 12.2 Å². The SMILES string of the molecule is CC(C)(C)OC(=O)CCNC(=O)C(CCCC(N)=O)NC(=O)CCN1C(=O)C=CC1=O. The van der Waals surface area contributed by atoms with Crippen molar-refractivity contribution in [3.63, 3.8) is 0 Å². The van der Waals surface area contributed by atoms with Crippen molar-refractivity contribution in [3.8, 4) is 0 Å². The van der Waals surface area contributed by atoms with Crippen molar-refractivity contribution in [3.05, 3.63) is 12.2 Å². The molecule has 1 aliphatic rings. The Bertz CT molecular complexity index is 737. The van der Waals surface area contributed by atoms with Gasteiger partial charge in [0.1, 0.15) is 11.6 Å². The van der Waals surface area contributed by atoms with Crippen molar-refractivity contribution < 1.29 is 33.5 Å². The number of hydrogen-bond acceptors (Lipinski definition) is 7. The summed E-state index contributed by atoms with van der Waals surface area (Å²) in [5.41, 5.74) is 4.47. The van der Waals surface area contributed by atoms with E-state index in [2.05, 4.69) is 10.6 Å². The van der Waals surface area contributed by atoms with Crippen LogP contribution in [0.4, 0.5) is 0 Å². The number of primary amides is 1. The Labute approximate surface area is 180 Å². The lowest BCUT2D eigenvalue weighted by molar-refractivity contribution is -0.154. The van der Waals surface area contributed by atoms with Crippen LogP contribution in [-0.2, 0) is 33.5 Å². The van der Waals surface area contributed by atoms with Gasteiger partial charge in [-0.25, -0.2) is 0 Å². The van der Waals surface area contributed by atoms with Crippen molar-refractivity contribution in [1.29, 1.82) is 0 Å². The lowest BCUT2D eigenvalue weighted by atomic mass is 10.1. The second kappa shape index (κ2) is 11.8. The van der Waals surface area contributed by atoms with E-state index in [1.54, 1.807) is 20.8 Å². The van der Waals surface area contributed by atoms with Gasteiger partial charge >= 0.3 is 5.97 Å². The van der Waals surface area contributed by atoms with Gasteiger partial charge in [-0.1, -0.05) is 0 Å². The number of imide groups is 1. The summed E-state index contributed by atoms with van der Waals surface area (Å²) >= 11 is 0. The quantitative estimate of drug-likeness (QED) is 0.267. The number of hydrogen-bond donors (Lipinski definition) is 3. The maximum Gasteiger partial charge on any atom is 0.308 e. The Morgan fingerprint density at radius 2 is 1.68 bits per heavy atom. The number of amides is 5. The van der Waals surface area contributed by atoms with Crippen LogP contribution in [-0.4, -0.2) is 65.1 Å². The van der Waals surface area contributed by atoms with E-state index >= 15 is 0 Å². The molecule has 0 aliphatic carbocycles. The van der Waals surface area contributed by atoms with Crippen LogP contribution in [0.25, 0.3) is 0 Å². The zero-order valence-electron chi connectivity index (χ0n) is 18.1. The van der Waals surface area contributed by atoms with E-state index < -0.39 is 47.1 Å². The van der Waals surface area contributed by atoms with Gasteiger partial charge < -0.3 is 21.1 Å². The molecule has 0 spiro atoms. The van der Waals surface area contributed by atoms with E-state index in [1.165, 1.54) is 0 Å². The van der Waals surface area contributed by atoms with Gasteiger partial charge in [0.25, 0.3) is 11.8 Å². The minimum Gasteiger partial charge on any atom is -0.460 e. The molecule has 0 aromatic carbocycles. The van der Waals surface area contributed by atoms with Crippen LogP contribution in [0, 0.1) is 0 Å². The van der Waals surface area contributed by atoms with Crippen molar-refractivity contribution >= 4 is 35.5 Å². The first-order valence-corrected chi connectivity index (χ1v) is 10.00. The third-order valence-corrected chi connectivity index (χ3v) is 4.08. The van der Waals surface area contributed by atoms with E-state index in [9.17, 15) is 28.8 Å². The smallest absolute Gasteiger partial charge is 0.308 e. The summed E-state index contributed by atoms with van der Waals surface area (Å²) in [6.45, 7) is 5.08. The van der Waals surface area contributed by atoms with Gasteiger partial charge in [-0.15, -0.1) is 0 Å². The first-order valence-electron chi connectivity index (χ1n) is 10.00. The maximum atomic E-state index is 12.5. The summed E-state index contributed by atoms with van der Waals surface area (Å²) in [6, 6.07) is -0.964. The second-order valence-electron chi connectivity index (χ2n) is 8.02. The maximum absolute atomic E-state index is 12.5. The molecule has 1 atom stereocenters. The molecule has 5 amide bonds. The Morgan fingerprint density at radius 1 is 1.06 bits per heavy atom. The summed E-state index contributed by atoms with van der Waals surface area (Å²) in [5, 5.41) is 5.09. The Hall–Kier alpha value is -3.24. The highest BCUT2D eigenvalue weighted by molar-refractivity contribution is 6.13. The normalized spacial score (nSPS) is 14.4. The fourth-order valence-corrected chi connectivity index (χ4v) is 2.68. The van der Waals surface area contributed by atoms with E-state index in [1.807, 2.05) is 0 Å².